The number of aliphatic imine (C=N–C) groups is 1. The Hall–Kier alpha value is -3.65. The summed E-state index contributed by atoms with van der Waals surface area (Å²) in [6.07, 6.45) is 1.71. The van der Waals surface area contributed by atoms with E-state index in [-0.39, 0.29) is 12.4 Å². The molecule has 8 heteroatoms. The first-order valence-corrected chi connectivity index (χ1v) is 11.4. The van der Waals surface area contributed by atoms with E-state index in [0.717, 1.165) is 27.6 Å². The van der Waals surface area contributed by atoms with E-state index in [0.29, 0.717) is 17.0 Å². The Labute approximate surface area is 194 Å². The topological polar surface area (TPSA) is 70.6 Å². The number of nitrogens with zero attached hydrogens (tertiary/aromatic N) is 3. The van der Waals surface area contributed by atoms with Gasteiger partial charge in [-0.15, -0.1) is 0 Å². The fourth-order valence-corrected chi connectivity index (χ4v) is 5.09. The number of aromatic amines is 1. The van der Waals surface area contributed by atoms with Gasteiger partial charge >= 0.3 is 5.97 Å². The highest BCUT2D eigenvalue weighted by Gasteiger charge is 2.42. The minimum absolute atomic E-state index is 0.255. The fraction of sp³-hybridized carbons (Fsp3) is 0.160. The third-order valence-corrected chi connectivity index (χ3v) is 6.43. The average molecular weight is 461 g/mol. The van der Waals surface area contributed by atoms with Crippen molar-refractivity contribution in [3.63, 3.8) is 0 Å². The van der Waals surface area contributed by atoms with Crippen LogP contribution in [0.25, 0.3) is 17.0 Å². The summed E-state index contributed by atoms with van der Waals surface area (Å²) in [5.74, 6) is -0.738. The van der Waals surface area contributed by atoms with Crippen LogP contribution in [0.3, 0.4) is 0 Å². The van der Waals surface area contributed by atoms with Gasteiger partial charge in [0.2, 0.25) is 0 Å². The van der Waals surface area contributed by atoms with E-state index in [2.05, 4.69) is 15.1 Å². The van der Waals surface area contributed by atoms with E-state index in [1.807, 2.05) is 42.7 Å². The Morgan fingerprint density at radius 1 is 1.15 bits per heavy atom. The SMILES string of the molecule is CCOC(=O)C1=C(C)N=C2SC=C(c3ccccc3)N2[C@H]1c1cn[nH]c1-c1ccc(F)cc1. The molecule has 2 aliphatic rings. The number of H-pyrrole nitrogens is 1. The van der Waals surface area contributed by atoms with Crippen LogP contribution in [-0.2, 0) is 9.53 Å². The number of aromatic nitrogens is 2. The van der Waals surface area contributed by atoms with Gasteiger partial charge < -0.3 is 9.64 Å². The van der Waals surface area contributed by atoms with E-state index in [1.165, 1.54) is 23.9 Å². The summed E-state index contributed by atoms with van der Waals surface area (Å²) in [5.41, 5.74) is 5.26. The number of benzene rings is 2. The fourth-order valence-electron chi connectivity index (χ4n) is 4.11. The number of carbonyl (C=O) groups excluding carboxylic acids is 1. The number of fused-ring (bicyclic) bond motifs is 1. The minimum atomic E-state index is -0.517. The molecule has 0 fully saturated rings. The third-order valence-electron chi connectivity index (χ3n) is 5.59. The van der Waals surface area contributed by atoms with Crippen LogP contribution in [0.2, 0.25) is 0 Å². The van der Waals surface area contributed by atoms with Gasteiger partial charge in [0.1, 0.15) is 5.82 Å². The molecule has 166 valence electrons. The number of allylic oxidation sites excluding steroid dienone is 1. The van der Waals surface area contributed by atoms with Gasteiger partial charge in [-0.1, -0.05) is 42.1 Å². The summed E-state index contributed by atoms with van der Waals surface area (Å²) in [6, 6.07) is 15.6. The number of esters is 1. The van der Waals surface area contributed by atoms with Gasteiger partial charge in [0.05, 0.1) is 41.5 Å². The van der Waals surface area contributed by atoms with Crippen molar-refractivity contribution in [2.45, 2.75) is 19.9 Å². The average Bonchev–Trinajstić information content (AvgIpc) is 3.47. The highest BCUT2D eigenvalue weighted by molar-refractivity contribution is 8.16. The minimum Gasteiger partial charge on any atom is -0.463 e. The second-order valence-electron chi connectivity index (χ2n) is 7.58. The number of ether oxygens (including phenoxy) is 1. The molecule has 0 saturated heterocycles. The molecule has 6 nitrogen and oxygen atoms in total. The summed E-state index contributed by atoms with van der Waals surface area (Å²) < 4.78 is 19.0. The molecule has 0 radical (unpaired) electrons. The molecule has 1 aromatic heterocycles. The lowest BCUT2D eigenvalue weighted by Crippen LogP contribution is -2.36. The molecule has 0 amide bonds. The van der Waals surface area contributed by atoms with Gasteiger partial charge in [-0.2, -0.15) is 5.10 Å². The maximum Gasteiger partial charge on any atom is 0.338 e. The van der Waals surface area contributed by atoms with Crippen LogP contribution >= 0.6 is 11.8 Å². The van der Waals surface area contributed by atoms with Crippen molar-refractivity contribution in [3.8, 4) is 11.3 Å². The molecule has 0 unspecified atom stereocenters. The van der Waals surface area contributed by atoms with E-state index < -0.39 is 12.0 Å². The summed E-state index contributed by atoms with van der Waals surface area (Å²) in [6.45, 7) is 3.86. The van der Waals surface area contributed by atoms with Crippen LogP contribution in [-0.4, -0.2) is 32.8 Å². The van der Waals surface area contributed by atoms with E-state index in [4.69, 9.17) is 9.73 Å². The highest BCUT2D eigenvalue weighted by atomic mass is 32.2. The van der Waals surface area contributed by atoms with Gasteiger partial charge in [0.15, 0.2) is 5.17 Å². The van der Waals surface area contributed by atoms with Crippen molar-refractivity contribution < 1.29 is 13.9 Å². The number of hydrogen-bond acceptors (Lipinski definition) is 6. The van der Waals surface area contributed by atoms with E-state index in [9.17, 15) is 9.18 Å². The standard InChI is InChI=1S/C25H21FN4O2S/c1-3-32-24(31)21-15(2)28-25-30(20(14-33-25)16-7-5-4-6-8-16)23(21)19-13-27-29-22(19)17-9-11-18(26)12-10-17/h4-14,23H,3H2,1-2H3,(H,27,29)/t23-/m0/s1. The smallest absolute Gasteiger partial charge is 0.338 e. The number of amidine groups is 1. The van der Waals surface area contributed by atoms with E-state index in [1.54, 1.807) is 25.3 Å². The monoisotopic (exact) mass is 460 g/mol. The van der Waals surface area contributed by atoms with Gasteiger partial charge in [0.25, 0.3) is 0 Å². The van der Waals surface area contributed by atoms with Crippen molar-refractivity contribution in [1.82, 2.24) is 15.1 Å². The number of carbonyl (C=O) groups is 1. The number of nitrogens with one attached hydrogen (secondary N) is 1. The molecule has 5 rings (SSSR count). The van der Waals surface area contributed by atoms with Crippen molar-refractivity contribution in [2.75, 3.05) is 6.61 Å². The lowest BCUT2D eigenvalue weighted by molar-refractivity contribution is -0.139. The van der Waals surface area contributed by atoms with Crippen molar-refractivity contribution in [2.24, 2.45) is 4.99 Å². The Bertz CT molecular complexity index is 1300. The predicted molar refractivity (Wildman–Crippen MR) is 127 cm³/mol. The Morgan fingerprint density at radius 3 is 2.64 bits per heavy atom. The zero-order valence-electron chi connectivity index (χ0n) is 18.1. The zero-order valence-corrected chi connectivity index (χ0v) is 18.9. The molecule has 1 N–H and O–H groups in total. The van der Waals surface area contributed by atoms with Crippen LogP contribution in [0.4, 0.5) is 4.39 Å². The molecule has 3 heterocycles. The van der Waals surface area contributed by atoms with Gasteiger partial charge in [-0.05, 0) is 43.7 Å². The Kier molecular flexibility index (Phi) is 5.60. The number of thioether (sulfide) groups is 1. The van der Waals surface area contributed by atoms with Crippen LogP contribution < -0.4 is 0 Å². The summed E-state index contributed by atoms with van der Waals surface area (Å²) >= 11 is 1.51. The first kappa shape index (κ1) is 21.2. The maximum absolute atomic E-state index is 13.6. The van der Waals surface area contributed by atoms with Crippen LogP contribution in [0.5, 0.6) is 0 Å². The summed E-state index contributed by atoms with van der Waals surface area (Å²) in [7, 11) is 0. The third kappa shape index (κ3) is 3.76. The predicted octanol–water partition coefficient (Wildman–Crippen LogP) is 5.51. The lowest BCUT2D eigenvalue weighted by Gasteiger charge is -2.36. The number of hydrogen-bond donors (Lipinski definition) is 1. The summed E-state index contributed by atoms with van der Waals surface area (Å²) in [4.78, 5) is 19.9. The molecule has 2 aromatic carbocycles. The number of rotatable bonds is 5. The van der Waals surface area contributed by atoms with E-state index >= 15 is 0 Å². The Morgan fingerprint density at radius 2 is 1.91 bits per heavy atom. The van der Waals surface area contributed by atoms with Gasteiger partial charge in [-0.3, -0.25) is 5.10 Å². The van der Waals surface area contributed by atoms with Crippen LogP contribution in [0.15, 0.2) is 82.5 Å². The highest BCUT2D eigenvalue weighted by Crippen LogP contribution is 2.48. The second-order valence-corrected chi connectivity index (χ2v) is 8.42. The molecular formula is C25H21FN4O2S. The molecule has 0 bridgehead atoms. The largest absolute Gasteiger partial charge is 0.463 e. The molecule has 2 aliphatic heterocycles. The first-order chi connectivity index (χ1) is 16.1. The second kappa shape index (κ2) is 8.71. The van der Waals surface area contributed by atoms with Crippen molar-refractivity contribution in [1.29, 1.82) is 0 Å². The molecule has 3 aromatic rings. The first-order valence-electron chi connectivity index (χ1n) is 10.6. The molecule has 0 saturated carbocycles. The molecule has 0 aliphatic carbocycles. The maximum atomic E-state index is 13.6. The lowest BCUT2D eigenvalue weighted by atomic mass is 9.92. The Balaban J connectivity index is 1.69. The molecule has 1 atom stereocenters. The normalized spacial score (nSPS) is 17.5. The summed E-state index contributed by atoms with van der Waals surface area (Å²) in [5, 5.41) is 10.1. The van der Waals surface area contributed by atoms with Crippen LogP contribution in [0, 0.1) is 5.82 Å². The van der Waals surface area contributed by atoms with Crippen molar-refractivity contribution >= 4 is 28.6 Å². The quantitative estimate of drug-likeness (QED) is 0.509. The molecular weight excluding hydrogens is 439 g/mol. The van der Waals surface area contributed by atoms with Gasteiger partial charge in [-0.25, -0.2) is 14.2 Å². The van der Waals surface area contributed by atoms with Gasteiger partial charge in [0, 0.05) is 16.5 Å². The van der Waals surface area contributed by atoms with Crippen molar-refractivity contribution in [3.05, 3.63) is 94.4 Å². The molecule has 33 heavy (non-hydrogen) atoms. The van der Waals surface area contributed by atoms with Crippen LogP contribution in [0.1, 0.15) is 31.0 Å². The zero-order chi connectivity index (χ0) is 22.9. The number of halogens is 1. The molecule has 0 spiro atoms.